The summed E-state index contributed by atoms with van der Waals surface area (Å²) in [6, 6.07) is 14.8. The zero-order valence-corrected chi connectivity index (χ0v) is 15.2. The standard InChI is InChI=1S/C21H21NO2S/c1-24-21(23)18-8-4-7-17-15-5-3-6-16(15)19(22-20(17)18)13-9-11-14(25-2)12-10-13/h3-5,7-12,15-16,19,22H,6H2,1-2H3. The first-order chi connectivity index (χ1) is 12.2. The van der Waals surface area contributed by atoms with Gasteiger partial charge in [-0.25, -0.2) is 4.79 Å². The van der Waals surface area contributed by atoms with Crippen LogP contribution in [0.5, 0.6) is 0 Å². The molecule has 3 atom stereocenters. The molecule has 1 N–H and O–H groups in total. The highest BCUT2D eigenvalue weighted by Gasteiger charge is 2.39. The van der Waals surface area contributed by atoms with Crippen LogP contribution in [0, 0.1) is 5.92 Å². The van der Waals surface area contributed by atoms with Crippen LogP contribution in [0.3, 0.4) is 0 Å². The normalized spacial score (nSPS) is 23.5. The molecule has 0 bridgehead atoms. The summed E-state index contributed by atoms with van der Waals surface area (Å²) >= 11 is 1.75. The quantitative estimate of drug-likeness (QED) is 0.479. The maximum absolute atomic E-state index is 12.2. The number of rotatable bonds is 3. The van der Waals surface area contributed by atoms with E-state index in [4.69, 9.17) is 4.74 Å². The van der Waals surface area contributed by atoms with Crippen molar-refractivity contribution in [1.82, 2.24) is 0 Å². The maximum atomic E-state index is 12.2. The van der Waals surface area contributed by atoms with Crippen molar-refractivity contribution in [2.24, 2.45) is 5.92 Å². The first-order valence-corrected chi connectivity index (χ1v) is 9.73. The number of allylic oxidation sites excluding steroid dienone is 2. The summed E-state index contributed by atoms with van der Waals surface area (Å²) in [7, 11) is 1.43. The summed E-state index contributed by atoms with van der Waals surface area (Å²) in [4.78, 5) is 13.5. The van der Waals surface area contributed by atoms with E-state index in [9.17, 15) is 4.79 Å². The van der Waals surface area contributed by atoms with Gasteiger partial charge in [0.05, 0.1) is 24.4 Å². The van der Waals surface area contributed by atoms with Crippen LogP contribution < -0.4 is 5.32 Å². The number of thioether (sulfide) groups is 1. The predicted octanol–water partition coefficient (Wildman–Crippen LogP) is 5.02. The van der Waals surface area contributed by atoms with Crippen molar-refractivity contribution in [1.29, 1.82) is 0 Å². The molecule has 2 aromatic carbocycles. The predicted molar refractivity (Wildman–Crippen MR) is 102 cm³/mol. The number of anilines is 1. The van der Waals surface area contributed by atoms with E-state index in [1.54, 1.807) is 11.8 Å². The van der Waals surface area contributed by atoms with Crippen molar-refractivity contribution in [3.63, 3.8) is 0 Å². The SMILES string of the molecule is COC(=O)c1cccc2c1NC(c1ccc(SC)cc1)C1CC=CC21. The summed E-state index contributed by atoms with van der Waals surface area (Å²) < 4.78 is 4.99. The summed E-state index contributed by atoms with van der Waals surface area (Å²) in [6.07, 6.45) is 7.69. The number of esters is 1. The second-order valence-corrected chi connectivity index (χ2v) is 7.39. The molecule has 0 radical (unpaired) electrons. The highest BCUT2D eigenvalue weighted by molar-refractivity contribution is 7.98. The van der Waals surface area contributed by atoms with Gasteiger partial charge in [0.1, 0.15) is 0 Å². The molecule has 0 amide bonds. The fraction of sp³-hybridized carbons (Fsp3) is 0.286. The maximum Gasteiger partial charge on any atom is 0.339 e. The van der Waals surface area contributed by atoms with Gasteiger partial charge in [-0.2, -0.15) is 0 Å². The van der Waals surface area contributed by atoms with Crippen molar-refractivity contribution in [2.45, 2.75) is 23.3 Å². The van der Waals surface area contributed by atoms with Crippen LogP contribution in [0.4, 0.5) is 5.69 Å². The Hall–Kier alpha value is -2.20. The van der Waals surface area contributed by atoms with Crippen LogP contribution in [0.15, 0.2) is 59.5 Å². The van der Waals surface area contributed by atoms with Crippen LogP contribution in [0.25, 0.3) is 0 Å². The number of methoxy groups -OCH3 is 1. The Bertz CT molecular complexity index is 828. The Balaban J connectivity index is 1.78. The van der Waals surface area contributed by atoms with Crippen LogP contribution >= 0.6 is 11.8 Å². The minimum atomic E-state index is -0.291. The van der Waals surface area contributed by atoms with E-state index in [0.29, 0.717) is 17.4 Å². The number of benzene rings is 2. The zero-order chi connectivity index (χ0) is 17.4. The molecular formula is C21H21NO2S. The smallest absolute Gasteiger partial charge is 0.339 e. The number of carbonyl (C=O) groups is 1. The molecule has 0 aromatic heterocycles. The Morgan fingerprint density at radius 3 is 2.72 bits per heavy atom. The number of para-hydroxylation sites is 1. The minimum Gasteiger partial charge on any atom is -0.465 e. The third-order valence-electron chi connectivity index (χ3n) is 5.28. The van der Waals surface area contributed by atoms with E-state index in [1.807, 2.05) is 12.1 Å². The number of hydrogen-bond donors (Lipinski definition) is 1. The first-order valence-electron chi connectivity index (χ1n) is 8.51. The molecular weight excluding hydrogens is 330 g/mol. The average molecular weight is 351 g/mol. The van der Waals surface area contributed by atoms with Crippen LogP contribution in [-0.4, -0.2) is 19.3 Å². The van der Waals surface area contributed by atoms with Crippen LogP contribution in [0.2, 0.25) is 0 Å². The van der Waals surface area contributed by atoms with Gasteiger partial charge in [0.15, 0.2) is 0 Å². The summed E-state index contributed by atoms with van der Waals surface area (Å²) in [6.45, 7) is 0. The lowest BCUT2D eigenvalue weighted by atomic mass is 9.76. The molecule has 128 valence electrons. The van der Waals surface area contributed by atoms with Crippen molar-refractivity contribution in [2.75, 3.05) is 18.7 Å². The molecule has 4 heteroatoms. The van der Waals surface area contributed by atoms with Gasteiger partial charge in [-0.3, -0.25) is 0 Å². The van der Waals surface area contributed by atoms with E-state index >= 15 is 0 Å². The van der Waals surface area contributed by atoms with Gasteiger partial charge in [0, 0.05) is 10.8 Å². The number of hydrogen-bond acceptors (Lipinski definition) is 4. The molecule has 0 spiro atoms. The Morgan fingerprint density at radius 2 is 2.00 bits per heavy atom. The topological polar surface area (TPSA) is 38.3 Å². The lowest BCUT2D eigenvalue weighted by Crippen LogP contribution is -2.30. The number of nitrogens with one attached hydrogen (secondary N) is 1. The van der Waals surface area contributed by atoms with Crippen molar-refractivity contribution in [3.8, 4) is 0 Å². The van der Waals surface area contributed by atoms with Gasteiger partial charge in [-0.05, 0) is 47.9 Å². The van der Waals surface area contributed by atoms with Gasteiger partial charge in [-0.1, -0.05) is 36.4 Å². The molecule has 1 aliphatic carbocycles. The monoisotopic (exact) mass is 351 g/mol. The summed E-state index contributed by atoms with van der Waals surface area (Å²) in [5, 5.41) is 3.66. The van der Waals surface area contributed by atoms with Crippen LogP contribution in [-0.2, 0) is 4.74 Å². The zero-order valence-electron chi connectivity index (χ0n) is 14.4. The van der Waals surface area contributed by atoms with E-state index in [-0.39, 0.29) is 12.0 Å². The highest BCUT2D eigenvalue weighted by Crippen LogP contribution is 2.50. The van der Waals surface area contributed by atoms with E-state index in [2.05, 4.69) is 54.1 Å². The average Bonchev–Trinajstić information content (AvgIpc) is 3.16. The largest absolute Gasteiger partial charge is 0.465 e. The molecule has 0 saturated carbocycles. The van der Waals surface area contributed by atoms with Gasteiger partial charge in [0.25, 0.3) is 0 Å². The first kappa shape index (κ1) is 16.3. The molecule has 3 unspecified atom stereocenters. The molecule has 2 aliphatic rings. The molecule has 1 heterocycles. The Morgan fingerprint density at radius 1 is 1.20 bits per heavy atom. The molecule has 0 saturated heterocycles. The van der Waals surface area contributed by atoms with Gasteiger partial charge in [0.2, 0.25) is 0 Å². The minimum absolute atomic E-state index is 0.189. The third kappa shape index (κ3) is 2.74. The van der Waals surface area contributed by atoms with Crippen molar-refractivity contribution in [3.05, 3.63) is 71.3 Å². The molecule has 2 aromatic rings. The molecule has 25 heavy (non-hydrogen) atoms. The van der Waals surface area contributed by atoms with Crippen molar-refractivity contribution >= 4 is 23.4 Å². The summed E-state index contributed by atoms with van der Waals surface area (Å²) in [5.41, 5.74) is 3.99. The van der Waals surface area contributed by atoms with Crippen LogP contribution in [0.1, 0.15) is 39.9 Å². The highest BCUT2D eigenvalue weighted by atomic mass is 32.2. The fourth-order valence-corrected chi connectivity index (χ4v) is 4.45. The van der Waals surface area contributed by atoms with Crippen molar-refractivity contribution < 1.29 is 9.53 Å². The number of ether oxygens (including phenoxy) is 1. The Labute approximate surface area is 152 Å². The lowest BCUT2D eigenvalue weighted by molar-refractivity contribution is 0.0601. The van der Waals surface area contributed by atoms with Gasteiger partial charge >= 0.3 is 5.97 Å². The van der Waals surface area contributed by atoms with E-state index in [0.717, 1.165) is 12.1 Å². The number of carbonyl (C=O) groups excluding carboxylic acids is 1. The lowest BCUT2D eigenvalue weighted by Gasteiger charge is -2.38. The van der Waals surface area contributed by atoms with Gasteiger partial charge in [-0.15, -0.1) is 11.8 Å². The second kappa shape index (κ2) is 6.60. The molecule has 0 fully saturated rings. The third-order valence-corrected chi connectivity index (χ3v) is 6.02. The Kier molecular flexibility index (Phi) is 4.30. The molecule has 3 nitrogen and oxygen atoms in total. The fourth-order valence-electron chi connectivity index (χ4n) is 4.04. The summed E-state index contributed by atoms with van der Waals surface area (Å²) in [5.74, 6) is 0.521. The van der Waals surface area contributed by atoms with E-state index in [1.165, 1.54) is 23.1 Å². The number of fused-ring (bicyclic) bond motifs is 3. The van der Waals surface area contributed by atoms with E-state index < -0.39 is 0 Å². The second-order valence-electron chi connectivity index (χ2n) is 6.51. The molecule has 1 aliphatic heterocycles. The molecule has 4 rings (SSSR count). The van der Waals surface area contributed by atoms with Gasteiger partial charge < -0.3 is 10.1 Å².